The van der Waals surface area contributed by atoms with Gasteiger partial charge in [-0.05, 0) is 24.2 Å². The van der Waals surface area contributed by atoms with Gasteiger partial charge >= 0.3 is 11.9 Å². The lowest BCUT2D eigenvalue weighted by atomic mass is 9.61. The van der Waals surface area contributed by atoms with Gasteiger partial charge in [0.1, 0.15) is 0 Å². The fraction of sp³-hybridized carbons (Fsp3) is 0.875. The largest absolute Gasteiger partial charge is 0.463 e. The van der Waals surface area contributed by atoms with Crippen LogP contribution in [-0.4, -0.2) is 24.6 Å². The second kappa shape index (κ2) is 5.38. The molecule has 4 nitrogen and oxygen atoms in total. The van der Waals surface area contributed by atoms with Gasteiger partial charge in [0.05, 0.1) is 12.0 Å². The predicted molar refractivity (Wildman–Crippen MR) is 77.1 cm³/mol. The normalized spacial score (nSPS) is 23.1. The maximum absolute atomic E-state index is 12.7. The average molecular weight is 284 g/mol. The highest BCUT2D eigenvalue weighted by atomic mass is 16.6. The third-order valence-electron chi connectivity index (χ3n) is 4.13. The highest BCUT2D eigenvalue weighted by molar-refractivity contribution is 5.83. The van der Waals surface area contributed by atoms with Gasteiger partial charge in [-0.3, -0.25) is 4.79 Å². The number of ether oxygens (including phenoxy) is 2. The molecule has 0 spiro atoms. The quantitative estimate of drug-likeness (QED) is 0.746. The molecule has 116 valence electrons. The standard InChI is InChI=1S/C16H28O4/c1-14(2,3)10-16(7,15(4,5)6)13(18)20-11-8-9-19-12(11)17/h11H,8-10H2,1-7H3/t11-,16?/m0/s1. The first-order valence-corrected chi connectivity index (χ1v) is 7.24. The second-order valence-corrected chi connectivity index (χ2v) is 8.17. The average Bonchev–Trinajstić information content (AvgIpc) is 2.60. The molecule has 0 amide bonds. The number of esters is 2. The Morgan fingerprint density at radius 3 is 2.10 bits per heavy atom. The molecule has 0 saturated carbocycles. The van der Waals surface area contributed by atoms with Crippen molar-refractivity contribution in [2.75, 3.05) is 6.61 Å². The molecule has 2 atom stereocenters. The van der Waals surface area contributed by atoms with Gasteiger partial charge in [-0.2, -0.15) is 0 Å². The van der Waals surface area contributed by atoms with Crippen LogP contribution in [0.2, 0.25) is 0 Å². The van der Waals surface area contributed by atoms with E-state index in [1.54, 1.807) is 0 Å². The summed E-state index contributed by atoms with van der Waals surface area (Å²) in [6.45, 7) is 14.7. The van der Waals surface area contributed by atoms with Crippen molar-refractivity contribution in [3.8, 4) is 0 Å². The molecule has 0 radical (unpaired) electrons. The van der Waals surface area contributed by atoms with Crippen LogP contribution < -0.4 is 0 Å². The van der Waals surface area contributed by atoms with Crippen molar-refractivity contribution in [2.24, 2.45) is 16.2 Å². The predicted octanol–water partition coefficient (Wildman–Crippen LogP) is 3.33. The van der Waals surface area contributed by atoms with Crippen LogP contribution in [0.3, 0.4) is 0 Å². The van der Waals surface area contributed by atoms with E-state index in [1.807, 2.05) is 27.7 Å². The number of hydrogen-bond donors (Lipinski definition) is 0. The lowest BCUT2D eigenvalue weighted by molar-refractivity contribution is -0.175. The van der Waals surface area contributed by atoms with Gasteiger partial charge in [-0.25, -0.2) is 4.79 Å². The lowest BCUT2D eigenvalue weighted by Gasteiger charge is -2.43. The molecule has 4 heteroatoms. The summed E-state index contributed by atoms with van der Waals surface area (Å²) in [5.41, 5.74) is -0.898. The first-order valence-electron chi connectivity index (χ1n) is 7.24. The van der Waals surface area contributed by atoms with E-state index in [0.29, 0.717) is 19.4 Å². The van der Waals surface area contributed by atoms with Gasteiger partial charge in [-0.1, -0.05) is 41.5 Å². The van der Waals surface area contributed by atoms with Crippen LogP contribution in [0.15, 0.2) is 0 Å². The molecule has 1 fully saturated rings. The molecular weight excluding hydrogens is 256 g/mol. The summed E-state index contributed by atoms with van der Waals surface area (Å²) in [5, 5.41) is 0. The molecule has 0 N–H and O–H groups in total. The van der Waals surface area contributed by atoms with Gasteiger partial charge in [0.25, 0.3) is 0 Å². The van der Waals surface area contributed by atoms with Crippen molar-refractivity contribution in [1.82, 2.24) is 0 Å². The minimum Gasteiger partial charge on any atom is -0.463 e. The van der Waals surface area contributed by atoms with Crippen molar-refractivity contribution in [3.05, 3.63) is 0 Å². The number of carbonyl (C=O) groups is 2. The van der Waals surface area contributed by atoms with Gasteiger partial charge < -0.3 is 9.47 Å². The fourth-order valence-corrected chi connectivity index (χ4v) is 2.55. The Hall–Kier alpha value is -1.06. The number of hydrogen-bond acceptors (Lipinski definition) is 4. The van der Waals surface area contributed by atoms with Crippen LogP contribution >= 0.6 is 0 Å². The van der Waals surface area contributed by atoms with Crippen molar-refractivity contribution < 1.29 is 19.1 Å². The summed E-state index contributed by atoms with van der Waals surface area (Å²) in [7, 11) is 0. The van der Waals surface area contributed by atoms with Crippen LogP contribution in [0, 0.1) is 16.2 Å². The van der Waals surface area contributed by atoms with Crippen LogP contribution in [-0.2, 0) is 19.1 Å². The summed E-state index contributed by atoms with van der Waals surface area (Å²) in [6, 6.07) is 0. The number of cyclic esters (lactones) is 1. The van der Waals surface area contributed by atoms with Crippen LogP contribution in [0.5, 0.6) is 0 Å². The Morgan fingerprint density at radius 1 is 1.20 bits per heavy atom. The molecule has 0 aromatic rings. The topological polar surface area (TPSA) is 52.6 Å². The van der Waals surface area contributed by atoms with E-state index in [1.165, 1.54) is 0 Å². The fourth-order valence-electron chi connectivity index (χ4n) is 2.55. The zero-order valence-corrected chi connectivity index (χ0v) is 13.8. The molecular formula is C16H28O4. The second-order valence-electron chi connectivity index (χ2n) is 8.17. The van der Waals surface area contributed by atoms with E-state index in [2.05, 4.69) is 20.8 Å². The van der Waals surface area contributed by atoms with E-state index in [9.17, 15) is 9.59 Å². The van der Waals surface area contributed by atoms with E-state index in [0.717, 1.165) is 0 Å². The summed E-state index contributed by atoms with van der Waals surface area (Å²) in [5.74, 6) is -0.728. The first-order chi connectivity index (χ1) is 8.87. The highest BCUT2D eigenvalue weighted by Gasteiger charge is 2.49. The SMILES string of the molecule is CC(C)(C)CC(C)(C(=O)O[C@H]1CCOC1=O)C(C)(C)C. The molecule has 1 heterocycles. The number of carbonyl (C=O) groups excluding carboxylic acids is 2. The van der Waals surface area contributed by atoms with E-state index >= 15 is 0 Å². The smallest absolute Gasteiger partial charge is 0.347 e. The molecule has 1 rings (SSSR count). The van der Waals surface area contributed by atoms with Gasteiger partial charge in [0, 0.05) is 6.42 Å². The third-order valence-corrected chi connectivity index (χ3v) is 4.13. The molecule has 0 bridgehead atoms. The molecule has 1 aliphatic rings. The Kier molecular flexibility index (Phi) is 4.57. The zero-order chi connectivity index (χ0) is 15.8. The van der Waals surface area contributed by atoms with E-state index < -0.39 is 17.5 Å². The molecule has 20 heavy (non-hydrogen) atoms. The number of rotatable bonds is 3. The Balaban J connectivity index is 2.93. The van der Waals surface area contributed by atoms with Crippen LogP contribution in [0.4, 0.5) is 0 Å². The minimum absolute atomic E-state index is 0.00274. The summed E-state index contributed by atoms with van der Waals surface area (Å²) >= 11 is 0. The molecule has 1 unspecified atom stereocenters. The van der Waals surface area contributed by atoms with Gasteiger partial charge in [0.2, 0.25) is 6.10 Å². The Bertz CT molecular complexity index is 386. The highest BCUT2D eigenvalue weighted by Crippen LogP contribution is 2.47. The summed E-state index contributed by atoms with van der Waals surface area (Å²) in [6.07, 6.45) is 0.425. The maximum atomic E-state index is 12.7. The Labute approximate surface area is 122 Å². The summed E-state index contributed by atoms with van der Waals surface area (Å²) < 4.78 is 10.3. The van der Waals surface area contributed by atoms with E-state index in [4.69, 9.17) is 9.47 Å². The molecule has 0 aliphatic carbocycles. The van der Waals surface area contributed by atoms with Crippen molar-refractivity contribution in [1.29, 1.82) is 0 Å². The molecule has 1 saturated heterocycles. The van der Waals surface area contributed by atoms with Gasteiger partial charge in [-0.15, -0.1) is 0 Å². The summed E-state index contributed by atoms with van der Waals surface area (Å²) in [4.78, 5) is 24.1. The molecule has 0 aromatic carbocycles. The monoisotopic (exact) mass is 284 g/mol. The third kappa shape index (κ3) is 3.74. The lowest BCUT2D eigenvalue weighted by Crippen LogP contribution is -2.45. The zero-order valence-electron chi connectivity index (χ0n) is 13.8. The molecule has 0 aromatic heterocycles. The molecule has 1 aliphatic heterocycles. The van der Waals surface area contributed by atoms with Crippen LogP contribution in [0.25, 0.3) is 0 Å². The van der Waals surface area contributed by atoms with Crippen molar-refractivity contribution >= 4 is 11.9 Å². The van der Waals surface area contributed by atoms with E-state index in [-0.39, 0.29) is 16.8 Å². The van der Waals surface area contributed by atoms with Crippen molar-refractivity contribution in [3.63, 3.8) is 0 Å². The van der Waals surface area contributed by atoms with Gasteiger partial charge in [0.15, 0.2) is 0 Å². The minimum atomic E-state index is -0.732. The maximum Gasteiger partial charge on any atom is 0.347 e. The van der Waals surface area contributed by atoms with Crippen molar-refractivity contribution in [2.45, 2.75) is 67.4 Å². The Morgan fingerprint density at radius 2 is 1.75 bits per heavy atom. The first kappa shape index (κ1) is 17.0. The van der Waals surface area contributed by atoms with Crippen LogP contribution in [0.1, 0.15) is 61.3 Å².